The molecule has 0 fully saturated rings. The Morgan fingerprint density at radius 2 is 1.90 bits per heavy atom. The number of nitrogens with one attached hydrogen (secondary N) is 1. The van der Waals surface area contributed by atoms with Gasteiger partial charge in [-0.1, -0.05) is 17.7 Å². The number of aliphatic hydroxyl groups excluding tert-OH is 1. The molecule has 0 aliphatic carbocycles. The monoisotopic (exact) mass is 325 g/mol. The summed E-state index contributed by atoms with van der Waals surface area (Å²) in [6.45, 7) is 4.82. The highest BCUT2D eigenvalue weighted by atomic mass is 35.5. The van der Waals surface area contributed by atoms with E-state index in [1.807, 2.05) is 0 Å². The van der Waals surface area contributed by atoms with Gasteiger partial charge in [0.15, 0.2) is 6.10 Å². The van der Waals surface area contributed by atoms with Crippen molar-refractivity contribution >= 4 is 23.4 Å². The summed E-state index contributed by atoms with van der Waals surface area (Å²) < 4.78 is 42.7. The van der Waals surface area contributed by atoms with Gasteiger partial charge in [0.05, 0.1) is 5.69 Å². The number of aliphatic hydroxyl groups is 1. The predicted molar refractivity (Wildman–Crippen MR) is 72.3 cm³/mol. The molecule has 0 spiro atoms. The molecule has 1 unspecified atom stereocenters. The topological polar surface area (TPSA) is 58.6 Å². The molecule has 1 aromatic carbocycles. The van der Waals surface area contributed by atoms with Crippen molar-refractivity contribution in [3.05, 3.63) is 28.8 Å². The average Bonchev–Trinajstić information content (AvgIpc) is 2.24. The summed E-state index contributed by atoms with van der Waals surface area (Å²) in [7, 11) is 0. The fraction of sp³-hybridized carbons (Fsp3) is 0.462. The predicted octanol–water partition coefficient (Wildman–Crippen LogP) is 4.28. The van der Waals surface area contributed by atoms with Crippen molar-refractivity contribution in [2.24, 2.45) is 0 Å². The summed E-state index contributed by atoms with van der Waals surface area (Å²) in [6.07, 6.45) is -8.54. The zero-order valence-corrected chi connectivity index (χ0v) is 12.3. The minimum Gasteiger partial charge on any atom is -0.444 e. The average molecular weight is 326 g/mol. The minimum absolute atomic E-state index is 0.110. The second-order valence-electron chi connectivity index (χ2n) is 5.30. The molecule has 0 aliphatic rings. The lowest BCUT2D eigenvalue weighted by Crippen LogP contribution is -2.28. The highest BCUT2D eigenvalue weighted by Crippen LogP contribution is 2.37. The molecule has 2 N–H and O–H groups in total. The molecule has 118 valence electrons. The van der Waals surface area contributed by atoms with Crippen LogP contribution in [0.1, 0.15) is 32.4 Å². The van der Waals surface area contributed by atoms with Crippen molar-refractivity contribution in [2.45, 2.75) is 38.7 Å². The summed E-state index contributed by atoms with van der Waals surface area (Å²) in [4.78, 5) is 11.6. The van der Waals surface area contributed by atoms with E-state index >= 15 is 0 Å². The van der Waals surface area contributed by atoms with Gasteiger partial charge in [-0.3, -0.25) is 5.32 Å². The Morgan fingerprint density at radius 1 is 1.33 bits per heavy atom. The molecule has 0 aliphatic heterocycles. The Labute approximate surface area is 124 Å². The van der Waals surface area contributed by atoms with Crippen LogP contribution in [0.3, 0.4) is 0 Å². The number of amides is 1. The molecule has 0 radical (unpaired) electrons. The highest BCUT2D eigenvalue weighted by molar-refractivity contribution is 6.31. The molecule has 8 heteroatoms. The fourth-order valence-corrected chi connectivity index (χ4v) is 1.64. The van der Waals surface area contributed by atoms with Crippen LogP contribution >= 0.6 is 11.6 Å². The fourth-order valence-electron chi connectivity index (χ4n) is 1.47. The third-order valence-electron chi connectivity index (χ3n) is 2.26. The number of hydrogen-bond acceptors (Lipinski definition) is 3. The van der Waals surface area contributed by atoms with Crippen molar-refractivity contribution in [3.63, 3.8) is 0 Å². The molecular weight excluding hydrogens is 311 g/mol. The van der Waals surface area contributed by atoms with E-state index < -0.39 is 29.5 Å². The van der Waals surface area contributed by atoms with Crippen LogP contribution in [0.4, 0.5) is 23.7 Å². The van der Waals surface area contributed by atoms with Crippen LogP contribution < -0.4 is 5.32 Å². The number of carbonyl (C=O) groups is 1. The van der Waals surface area contributed by atoms with E-state index in [0.717, 1.165) is 12.1 Å². The summed E-state index contributed by atoms with van der Waals surface area (Å²) in [5.41, 5.74) is -1.59. The summed E-state index contributed by atoms with van der Waals surface area (Å²) in [5, 5.41) is 11.6. The molecule has 1 aromatic rings. The molecule has 1 atom stereocenters. The van der Waals surface area contributed by atoms with Gasteiger partial charge in [0.2, 0.25) is 0 Å². The number of anilines is 1. The number of benzene rings is 1. The maximum atomic E-state index is 12.6. The van der Waals surface area contributed by atoms with Gasteiger partial charge in [0, 0.05) is 10.6 Å². The SMILES string of the molecule is CC(C)(C)OC(=O)Nc1cc(Cl)ccc1C(O)C(F)(F)F. The van der Waals surface area contributed by atoms with Crippen LogP contribution in [0.2, 0.25) is 5.02 Å². The van der Waals surface area contributed by atoms with Crippen LogP contribution in [0, 0.1) is 0 Å². The first kappa shape index (κ1) is 17.6. The van der Waals surface area contributed by atoms with Crippen molar-refractivity contribution in [2.75, 3.05) is 5.32 Å². The quantitative estimate of drug-likeness (QED) is 0.853. The second kappa shape index (κ2) is 6.11. The Balaban J connectivity index is 3.06. The Bertz CT molecular complexity index is 526. The van der Waals surface area contributed by atoms with Crippen LogP contribution in [0.5, 0.6) is 0 Å². The first-order chi connectivity index (χ1) is 9.40. The van der Waals surface area contributed by atoms with Gasteiger partial charge >= 0.3 is 12.3 Å². The molecule has 1 amide bonds. The molecule has 4 nitrogen and oxygen atoms in total. The number of carbonyl (C=O) groups excluding carboxylic acids is 1. The van der Waals surface area contributed by atoms with E-state index in [4.69, 9.17) is 16.3 Å². The van der Waals surface area contributed by atoms with Gasteiger partial charge in [0.1, 0.15) is 5.60 Å². The van der Waals surface area contributed by atoms with Crippen molar-refractivity contribution in [1.82, 2.24) is 0 Å². The highest BCUT2D eigenvalue weighted by Gasteiger charge is 2.40. The van der Waals surface area contributed by atoms with E-state index in [0.29, 0.717) is 0 Å². The Hall–Kier alpha value is -1.47. The van der Waals surface area contributed by atoms with Gasteiger partial charge in [-0.25, -0.2) is 4.79 Å². The van der Waals surface area contributed by atoms with Gasteiger partial charge in [0.25, 0.3) is 0 Å². The zero-order valence-electron chi connectivity index (χ0n) is 11.6. The van der Waals surface area contributed by atoms with E-state index in [9.17, 15) is 23.1 Å². The van der Waals surface area contributed by atoms with Crippen LogP contribution in [-0.4, -0.2) is 23.0 Å². The van der Waals surface area contributed by atoms with Crippen LogP contribution in [0.25, 0.3) is 0 Å². The van der Waals surface area contributed by atoms with Gasteiger partial charge in [-0.05, 0) is 32.9 Å². The number of alkyl halides is 3. The maximum absolute atomic E-state index is 12.6. The number of rotatable bonds is 2. The zero-order chi connectivity index (χ0) is 16.4. The molecule has 21 heavy (non-hydrogen) atoms. The van der Waals surface area contributed by atoms with Gasteiger partial charge in [-0.2, -0.15) is 13.2 Å². The van der Waals surface area contributed by atoms with Crippen molar-refractivity contribution in [1.29, 1.82) is 0 Å². The molecule has 1 rings (SSSR count). The minimum atomic E-state index is -4.86. The summed E-state index contributed by atoms with van der Waals surface area (Å²) in [5.74, 6) is 0. The van der Waals surface area contributed by atoms with Crippen molar-refractivity contribution < 1.29 is 27.8 Å². The van der Waals surface area contributed by atoms with E-state index in [1.54, 1.807) is 20.8 Å². The van der Waals surface area contributed by atoms with Crippen LogP contribution in [-0.2, 0) is 4.74 Å². The lowest BCUT2D eigenvalue weighted by atomic mass is 10.1. The van der Waals surface area contributed by atoms with E-state index in [1.165, 1.54) is 6.07 Å². The van der Waals surface area contributed by atoms with E-state index in [-0.39, 0.29) is 10.7 Å². The Kier molecular flexibility index (Phi) is 5.11. The first-order valence-corrected chi connectivity index (χ1v) is 6.32. The summed E-state index contributed by atoms with van der Waals surface area (Å²) >= 11 is 5.70. The third kappa shape index (κ3) is 5.43. The molecular formula is C13H15ClF3NO3. The number of ether oxygens (including phenoxy) is 1. The number of hydrogen-bond donors (Lipinski definition) is 2. The van der Waals surface area contributed by atoms with Gasteiger partial charge < -0.3 is 9.84 Å². The standard InChI is InChI=1S/C13H15ClF3NO3/c1-12(2,3)21-11(20)18-9-6-7(14)4-5-8(9)10(19)13(15,16)17/h4-6,10,19H,1-3H3,(H,18,20). The molecule has 0 saturated carbocycles. The molecule has 0 saturated heterocycles. The third-order valence-corrected chi connectivity index (χ3v) is 2.49. The van der Waals surface area contributed by atoms with Gasteiger partial charge in [-0.15, -0.1) is 0 Å². The smallest absolute Gasteiger partial charge is 0.418 e. The maximum Gasteiger partial charge on any atom is 0.418 e. The first-order valence-electron chi connectivity index (χ1n) is 5.94. The lowest BCUT2D eigenvalue weighted by molar-refractivity contribution is -0.206. The van der Waals surface area contributed by atoms with Crippen molar-refractivity contribution in [3.8, 4) is 0 Å². The Morgan fingerprint density at radius 3 is 2.38 bits per heavy atom. The molecule has 0 bridgehead atoms. The second-order valence-corrected chi connectivity index (χ2v) is 5.74. The normalized spacial score (nSPS) is 13.7. The lowest BCUT2D eigenvalue weighted by Gasteiger charge is -2.22. The van der Waals surface area contributed by atoms with Crippen LogP contribution in [0.15, 0.2) is 18.2 Å². The largest absolute Gasteiger partial charge is 0.444 e. The summed E-state index contributed by atoms with van der Waals surface area (Å²) in [6, 6.07) is 3.29. The number of halogens is 4. The van der Waals surface area contributed by atoms with E-state index in [2.05, 4.69) is 5.32 Å². The molecule has 0 heterocycles. The molecule has 0 aromatic heterocycles.